The Morgan fingerprint density at radius 2 is 1.96 bits per heavy atom. The lowest BCUT2D eigenvalue weighted by molar-refractivity contribution is 0.262. The Labute approximate surface area is 178 Å². The molecule has 1 heterocycles. The van der Waals surface area contributed by atoms with E-state index in [9.17, 15) is 0 Å². The lowest BCUT2D eigenvalue weighted by Crippen LogP contribution is -2.37. The van der Waals surface area contributed by atoms with Crippen LogP contribution in [0.1, 0.15) is 43.4 Å². The van der Waals surface area contributed by atoms with Crippen molar-refractivity contribution in [3.8, 4) is 11.5 Å². The number of benzene rings is 2. The van der Waals surface area contributed by atoms with Crippen molar-refractivity contribution >= 4 is 29.9 Å². The first-order valence-electron chi connectivity index (χ1n) is 9.15. The molecule has 5 nitrogen and oxygen atoms in total. The van der Waals surface area contributed by atoms with E-state index in [1.807, 2.05) is 36.4 Å². The molecule has 1 unspecified atom stereocenters. The maximum atomic E-state index is 6.06. The third-order valence-corrected chi connectivity index (χ3v) is 4.45. The van der Waals surface area contributed by atoms with Crippen LogP contribution in [0.5, 0.6) is 11.5 Å². The van der Waals surface area contributed by atoms with Gasteiger partial charge in [0.15, 0.2) is 5.96 Å². The van der Waals surface area contributed by atoms with Gasteiger partial charge in [-0.3, -0.25) is 0 Å². The number of nitrogens with one attached hydrogen (secondary N) is 1. The summed E-state index contributed by atoms with van der Waals surface area (Å²) in [5, 5.41) is 3.30. The molecule has 146 valence electrons. The van der Waals surface area contributed by atoms with E-state index in [-0.39, 0.29) is 30.0 Å². The number of rotatable bonds is 6. The van der Waals surface area contributed by atoms with Crippen molar-refractivity contribution in [1.82, 2.24) is 5.32 Å². The first-order chi connectivity index (χ1) is 12.6. The van der Waals surface area contributed by atoms with Crippen molar-refractivity contribution in [2.75, 3.05) is 19.8 Å². The first kappa shape index (κ1) is 21.3. The van der Waals surface area contributed by atoms with E-state index >= 15 is 0 Å². The highest BCUT2D eigenvalue weighted by Gasteiger charge is 2.21. The van der Waals surface area contributed by atoms with Gasteiger partial charge in [0.25, 0.3) is 0 Å². The molecule has 0 amide bonds. The molecule has 0 saturated carbocycles. The largest absolute Gasteiger partial charge is 0.493 e. The summed E-state index contributed by atoms with van der Waals surface area (Å²) in [6.45, 7) is 6.01. The Hall–Kier alpha value is -1.96. The van der Waals surface area contributed by atoms with Crippen molar-refractivity contribution in [3.05, 3.63) is 59.7 Å². The third-order valence-electron chi connectivity index (χ3n) is 4.45. The van der Waals surface area contributed by atoms with Crippen LogP contribution in [0, 0.1) is 0 Å². The zero-order valence-electron chi connectivity index (χ0n) is 15.9. The van der Waals surface area contributed by atoms with Crippen molar-refractivity contribution in [3.63, 3.8) is 0 Å². The molecule has 0 aromatic heterocycles. The molecule has 2 aromatic carbocycles. The highest BCUT2D eigenvalue weighted by Crippen LogP contribution is 2.31. The average Bonchev–Trinajstić information content (AvgIpc) is 2.66. The molecule has 1 aliphatic rings. The van der Waals surface area contributed by atoms with E-state index in [4.69, 9.17) is 15.2 Å². The standard InChI is InChI=1S/C21H27N3O2.HI/c1-15(2)16-7-3-5-9-19(16)26-14-12-23-21(22)24-18-11-13-25-20-10-6-4-8-17(18)20;/h3-10,15,18H,11-14H2,1-2H3,(H3,22,23,24);1H. The van der Waals surface area contributed by atoms with Gasteiger partial charge in [-0.25, -0.2) is 4.99 Å². The van der Waals surface area contributed by atoms with E-state index < -0.39 is 0 Å². The lowest BCUT2D eigenvalue weighted by Gasteiger charge is -2.26. The number of aliphatic imine (C=N–C) groups is 1. The molecule has 0 aliphatic carbocycles. The van der Waals surface area contributed by atoms with Gasteiger partial charge in [-0.05, 0) is 23.6 Å². The van der Waals surface area contributed by atoms with Crippen molar-refractivity contribution < 1.29 is 9.47 Å². The van der Waals surface area contributed by atoms with E-state index in [1.54, 1.807) is 0 Å². The summed E-state index contributed by atoms with van der Waals surface area (Å²) in [5.74, 6) is 2.70. The maximum absolute atomic E-state index is 6.06. The minimum absolute atomic E-state index is 0. The summed E-state index contributed by atoms with van der Waals surface area (Å²) in [5.41, 5.74) is 8.40. The maximum Gasteiger partial charge on any atom is 0.189 e. The molecule has 2 aromatic rings. The Balaban J connectivity index is 0.00000261. The number of hydrogen-bond donors (Lipinski definition) is 2. The number of nitrogens with two attached hydrogens (primary N) is 1. The van der Waals surface area contributed by atoms with Gasteiger partial charge in [-0.15, -0.1) is 24.0 Å². The average molecular weight is 481 g/mol. The van der Waals surface area contributed by atoms with Crippen LogP contribution in [-0.2, 0) is 0 Å². The fourth-order valence-electron chi connectivity index (χ4n) is 3.13. The van der Waals surface area contributed by atoms with Gasteiger partial charge in [-0.2, -0.15) is 0 Å². The summed E-state index contributed by atoms with van der Waals surface area (Å²) in [4.78, 5) is 4.40. The zero-order chi connectivity index (χ0) is 18.4. The normalized spacial score (nSPS) is 16.1. The summed E-state index contributed by atoms with van der Waals surface area (Å²) in [6.07, 6.45) is 0.867. The van der Waals surface area contributed by atoms with E-state index in [2.05, 4.69) is 36.3 Å². The SMILES string of the molecule is CC(C)c1ccccc1OCCN=C(N)NC1CCOc2ccccc21.I. The summed E-state index contributed by atoms with van der Waals surface area (Å²) in [7, 11) is 0. The first-order valence-corrected chi connectivity index (χ1v) is 9.15. The molecule has 0 saturated heterocycles. The number of para-hydroxylation sites is 2. The van der Waals surface area contributed by atoms with Crippen LogP contribution in [0.15, 0.2) is 53.5 Å². The Bertz CT molecular complexity index is 765. The van der Waals surface area contributed by atoms with Crippen LogP contribution >= 0.6 is 24.0 Å². The van der Waals surface area contributed by atoms with Gasteiger partial charge in [0.2, 0.25) is 0 Å². The quantitative estimate of drug-likeness (QED) is 0.281. The molecule has 1 atom stereocenters. The zero-order valence-corrected chi connectivity index (χ0v) is 18.2. The summed E-state index contributed by atoms with van der Waals surface area (Å²) < 4.78 is 11.6. The molecule has 1 aliphatic heterocycles. The Morgan fingerprint density at radius 3 is 2.78 bits per heavy atom. The van der Waals surface area contributed by atoms with Gasteiger partial charge in [0.05, 0.1) is 19.2 Å². The molecular formula is C21H28IN3O2. The number of ether oxygens (including phenoxy) is 2. The highest BCUT2D eigenvalue weighted by molar-refractivity contribution is 14.0. The number of fused-ring (bicyclic) bond motifs is 1. The van der Waals surface area contributed by atoms with Crippen LogP contribution in [0.25, 0.3) is 0 Å². The van der Waals surface area contributed by atoms with Crippen LogP contribution in [0.3, 0.4) is 0 Å². The van der Waals surface area contributed by atoms with Gasteiger partial charge >= 0.3 is 0 Å². The number of halogens is 1. The van der Waals surface area contributed by atoms with Gasteiger partial charge < -0.3 is 20.5 Å². The third kappa shape index (κ3) is 5.76. The molecule has 0 bridgehead atoms. The Morgan fingerprint density at radius 1 is 1.22 bits per heavy atom. The molecule has 0 radical (unpaired) electrons. The second-order valence-corrected chi connectivity index (χ2v) is 6.68. The number of nitrogens with zero attached hydrogens (tertiary/aromatic N) is 1. The predicted molar refractivity (Wildman–Crippen MR) is 120 cm³/mol. The van der Waals surface area contributed by atoms with Gasteiger partial charge in [-0.1, -0.05) is 50.2 Å². The smallest absolute Gasteiger partial charge is 0.189 e. The van der Waals surface area contributed by atoms with E-state index in [1.165, 1.54) is 5.56 Å². The highest BCUT2D eigenvalue weighted by atomic mass is 127. The second kappa shape index (κ2) is 10.4. The monoisotopic (exact) mass is 481 g/mol. The van der Waals surface area contributed by atoms with Crippen molar-refractivity contribution in [1.29, 1.82) is 0 Å². The summed E-state index contributed by atoms with van der Waals surface area (Å²) in [6, 6.07) is 16.3. The van der Waals surface area contributed by atoms with Crippen molar-refractivity contribution in [2.45, 2.75) is 32.2 Å². The molecule has 6 heteroatoms. The Kier molecular flexibility index (Phi) is 8.22. The minimum Gasteiger partial charge on any atom is -0.493 e. The molecular weight excluding hydrogens is 453 g/mol. The van der Waals surface area contributed by atoms with Crippen LogP contribution in [-0.4, -0.2) is 25.7 Å². The van der Waals surface area contributed by atoms with Crippen LogP contribution < -0.4 is 20.5 Å². The lowest BCUT2D eigenvalue weighted by atomic mass is 10.0. The summed E-state index contributed by atoms with van der Waals surface area (Å²) >= 11 is 0. The predicted octanol–water partition coefficient (Wildman–Crippen LogP) is 4.23. The minimum atomic E-state index is 0. The number of guanidine groups is 1. The molecule has 0 fully saturated rings. The fourth-order valence-corrected chi connectivity index (χ4v) is 3.13. The molecule has 27 heavy (non-hydrogen) atoms. The second-order valence-electron chi connectivity index (χ2n) is 6.68. The topological polar surface area (TPSA) is 68.9 Å². The number of hydrogen-bond acceptors (Lipinski definition) is 3. The van der Waals surface area contributed by atoms with E-state index in [0.717, 1.165) is 23.5 Å². The van der Waals surface area contributed by atoms with Crippen LogP contribution in [0.2, 0.25) is 0 Å². The van der Waals surface area contributed by atoms with Crippen LogP contribution in [0.4, 0.5) is 0 Å². The molecule has 3 N–H and O–H groups in total. The molecule has 3 rings (SSSR count). The fraction of sp³-hybridized carbons (Fsp3) is 0.381. The van der Waals surface area contributed by atoms with Crippen molar-refractivity contribution in [2.24, 2.45) is 10.7 Å². The van der Waals surface area contributed by atoms with Gasteiger partial charge in [0.1, 0.15) is 18.1 Å². The van der Waals surface area contributed by atoms with E-state index in [0.29, 0.717) is 31.6 Å². The molecule has 0 spiro atoms. The van der Waals surface area contributed by atoms with Gasteiger partial charge in [0, 0.05) is 12.0 Å².